The number of halogens is 1. The fourth-order valence-electron chi connectivity index (χ4n) is 3.23. The zero-order valence-corrected chi connectivity index (χ0v) is 11.7. The van der Waals surface area contributed by atoms with E-state index in [9.17, 15) is 4.39 Å². The zero-order valence-electron chi connectivity index (χ0n) is 11.7. The Hall–Kier alpha value is -0.930. The topological polar surface area (TPSA) is 38.0 Å². The number of nitrogens with two attached hydrogens (primary N) is 1. The van der Waals surface area contributed by atoms with Crippen LogP contribution in [0, 0.1) is 17.7 Å². The van der Waals surface area contributed by atoms with Crippen LogP contribution < -0.4 is 11.3 Å². The van der Waals surface area contributed by atoms with Crippen LogP contribution in [0.25, 0.3) is 0 Å². The maximum absolute atomic E-state index is 12.9. The molecule has 1 aromatic carbocycles. The smallest absolute Gasteiger partial charge is 0.123 e. The predicted octanol–water partition coefficient (Wildman–Crippen LogP) is 3.42. The predicted molar refractivity (Wildman–Crippen MR) is 77.0 cm³/mol. The van der Waals surface area contributed by atoms with Crippen molar-refractivity contribution in [1.82, 2.24) is 5.43 Å². The van der Waals surface area contributed by atoms with Crippen molar-refractivity contribution in [2.24, 2.45) is 17.7 Å². The van der Waals surface area contributed by atoms with Crippen LogP contribution in [0.2, 0.25) is 0 Å². The Morgan fingerprint density at radius 1 is 1.21 bits per heavy atom. The van der Waals surface area contributed by atoms with Crippen LogP contribution in [0.3, 0.4) is 0 Å². The summed E-state index contributed by atoms with van der Waals surface area (Å²) in [5, 5.41) is 0. The summed E-state index contributed by atoms with van der Waals surface area (Å²) in [5.41, 5.74) is 4.13. The highest BCUT2D eigenvalue weighted by Crippen LogP contribution is 2.33. The van der Waals surface area contributed by atoms with Gasteiger partial charge in [-0.25, -0.2) is 4.39 Å². The van der Waals surface area contributed by atoms with Gasteiger partial charge < -0.3 is 0 Å². The van der Waals surface area contributed by atoms with E-state index in [0.717, 1.165) is 17.9 Å². The van der Waals surface area contributed by atoms with Gasteiger partial charge in [0.15, 0.2) is 0 Å². The lowest BCUT2D eigenvalue weighted by atomic mass is 9.76. The molecule has 0 radical (unpaired) electrons. The van der Waals surface area contributed by atoms with Crippen LogP contribution in [-0.2, 0) is 6.42 Å². The van der Waals surface area contributed by atoms with Crippen LogP contribution in [-0.4, -0.2) is 6.04 Å². The first-order chi connectivity index (χ1) is 9.22. The van der Waals surface area contributed by atoms with Crippen LogP contribution in [0.4, 0.5) is 4.39 Å². The monoisotopic (exact) mass is 264 g/mol. The summed E-state index contributed by atoms with van der Waals surface area (Å²) in [7, 11) is 0. The fourth-order valence-corrected chi connectivity index (χ4v) is 3.23. The first-order valence-corrected chi connectivity index (χ1v) is 7.43. The molecular formula is C16H25FN2. The number of hydrogen-bond donors (Lipinski definition) is 2. The van der Waals surface area contributed by atoms with Crippen LogP contribution in [0.1, 0.15) is 44.6 Å². The van der Waals surface area contributed by atoms with Crippen molar-refractivity contribution in [3.8, 4) is 0 Å². The van der Waals surface area contributed by atoms with Crippen LogP contribution in [0.5, 0.6) is 0 Å². The molecule has 1 aliphatic carbocycles. The van der Waals surface area contributed by atoms with Crippen molar-refractivity contribution < 1.29 is 4.39 Å². The molecule has 1 fully saturated rings. The Bertz CT molecular complexity index is 369. The van der Waals surface area contributed by atoms with Gasteiger partial charge in [0.2, 0.25) is 0 Å². The molecule has 0 aromatic heterocycles. The average Bonchev–Trinajstić information content (AvgIpc) is 2.47. The summed E-state index contributed by atoms with van der Waals surface area (Å²) in [6.07, 6.45) is 7.35. The SMILES string of the molecule is CCC1CCC(C(Cc2ccc(F)cc2)NN)CC1. The molecule has 3 N–H and O–H groups in total. The van der Waals surface area contributed by atoms with E-state index >= 15 is 0 Å². The van der Waals surface area contributed by atoms with Gasteiger partial charge in [0, 0.05) is 6.04 Å². The number of nitrogens with one attached hydrogen (secondary N) is 1. The Morgan fingerprint density at radius 2 is 1.84 bits per heavy atom. The Kier molecular flexibility index (Phi) is 5.34. The molecule has 0 spiro atoms. The normalized spacial score (nSPS) is 25.2. The number of rotatable bonds is 5. The molecule has 1 saturated carbocycles. The molecule has 3 heteroatoms. The van der Waals surface area contributed by atoms with E-state index in [4.69, 9.17) is 5.84 Å². The molecule has 1 aromatic rings. The summed E-state index contributed by atoms with van der Waals surface area (Å²) in [4.78, 5) is 0. The van der Waals surface area contributed by atoms with Crippen molar-refractivity contribution in [3.63, 3.8) is 0 Å². The second-order valence-electron chi connectivity index (χ2n) is 5.79. The molecule has 106 valence electrons. The first-order valence-electron chi connectivity index (χ1n) is 7.43. The Morgan fingerprint density at radius 3 is 2.37 bits per heavy atom. The zero-order chi connectivity index (χ0) is 13.7. The Labute approximate surface area is 115 Å². The van der Waals surface area contributed by atoms with Crippen molar-refractivity contribution in [2.75, 3.05) is 0 Å². The highest BCUT2D eigenvalue weighted by atomic mass is 19.1. The van der Waals surface area contributed by atoms with Gasteiger partial charge in [-0.1, -0.05) is 38.3 Å². The molecule has 2 rings (SSSR count). The van der Waals surface area contributed by atoms with Gasteiger partial charge in [-0.15, -0.1) is 0 Å². The fraction of sp³-hybridized carbons (Fsp3) is 0.625. The van der Waals surface area contributed by atoms with E-state index in [1.54, 1.807) is 0 Å². The molecule has 0 amide bonds. The van der Waals surface area contributed by atoms with Crippen molar-refractivity contribution in [1.29, 1.82) is 0 Å². The lowest BCUT2D eigenvalue weighted by molar-refractivity contribution is 0.217. The molecule has 0 aliphatic heterocycles. The van der Waals surface area contributed by atoms with E-state index in [1.807, 2.05) is 12.1 Å². The van der Waals surface area contributed by atoms with Crippen LogP contribution in [0.15, 0.2) is 24.3 Å². The minimum atomic E-state index is -0.176. The third-order valence-corrected chi connectivity index (χ3v) is 4.62. The number of hydrogen-bond acceptors (Lipinski definition) is 2. The van der Waals surface area contributed by atoms with E-state index < -0.39 is 0 Å². The van der Waals surface area contributed by atoms with E-state index in [2.05, 4.69) is 12.3 Å². The summed E-state index contributed by atoms with van der Waals surface area (Å²) in [6, 6.07) is 7.07. The standard InChI is InChI=1S/C16H25FN2/c1-2-12-3-7-14(8-4-12)16(19-18)11-13-5-9-15(17)10-6-13/h5-6,9-10,12,14,16,19H,2-4,7-8,11,18H2,1H3. The second kappa shape index (κ2) is 7.01. The molecule has 19 heavy (non-hydrogen) atoms. The summed E-state index contributed by atoms with van der Waals surface area (Å²) in [6.45, 7) is 2.28. The lowest BCUT2D eigenvalue weighted by Crippen LogP contribution is -2.43. The quantitative estimate of drug-likeness (QED) is 0.632. The highest BCUT2D eigenvalue weighted by Gasteiger charge is 2.26. The van der Waals surface area contributed by atoms with Gasteiger partial charge in [0.1, 0.15) is 5.82 Å². The molecule has 0 saturated heterocycles. The molecular weight excluding hydrogens is 239 g/mol. The number of hydrazine groups is 1. The van der Waals surface area contributed by atoms with Gasteiger partial charge in [-0.05, 0) is 48.8 Å². The van der Waals surface area contributed by atoms with E-state index in [0.29, 0.717) is 12.0 Å². The molecule has 2 nitrogen and oxygen atoms in total. The van der Waals surface area contributed by atoms with Gasteiger partial charge in [-0.3, -0.25) is 11.3 Å². The molecule has 0 bridgehead atoms. The van der Waals surface area contributed by atoms with Gasteiger partial charge in [0.25, 0.3) is 0 Å². The van der Waals surface area contributed by atoms with Crippen LogP contribution >= 0.6 is 0 Å². The summed E-state index contributed by atoms with van der Waals surface area (Å²) >= 11 is 0. The first kappa shape index (κ1) is 14.5. The maximum atomic E-state index is 12.9. The van der Waals surface area contributed by atoms with E-state index in [-0.39, 0.29) is 5.82 Å². The van der Waals surface area contributed by atoms with Gasteiger partial charge >= 0.3 is 0 Å². The second-order valence-corrected chi connectivity index (χ2v) is 5.79. The molecule has 1 atom stereocenters. The maximum Gasteiger partial charge on any atom is 0.123 e. The van der Waals surface area contributed by atoms with Crippen molar-refractivity contribution >= 4 is 0 Å². The van der Waals surface area contributed by atoms with E-state index in [1.165, 1.54) is 44.2 Å². The molecule has 1 unspecified atom stereocenters. The number of benzene rings is 1. The molecule has 1 aliphatic rings. The minimum Gasteiger partial charge on any atom is -0.271 e. The average molecular weight is 264 g/mol. The van der Waals surface area contributed by atoms with Gasteiger partial charge in [0.05, 0.1) is 0 Å². The third-order valence-electron chi connectivity index (χ3n) is 4.62. The Balaban J connectivity index is 1.91. The summed E-state index contributed by atoms with van der Waals surface area (Å²) in [5.74, 6) is 7.10. The van der Waals surface area contributed by atoms with Gasteiger partial charge in [-0.2, -0.15) is 0 Å². The minimum absolute atomic E-state index is 0.176. The molecule has 0 heterocycles. The third kappa shape index (κ3) is 4.02. The van der Waals surface area contributed by atoms with Crippen molar-refractivity contribution in [3.05, 3.63) is 35.6 Å². The highest BCUT2D eigenvalue weighted by molar-refractivity contribution is 5.17. The van der Waals surface area contributed by atoms with Crippen molar-refractivity contribution in [2.45, 2.75) is 51.5 Å². The largest absolute Gasteiger partial charge is 0.271 e. The summed E-state index contributed by atoms with van der Waals surface area (Å²) < 4.78 is 12.9. The lowest BCUT2D eigenvalue weighted by Gasteiger charge is -2.33.